The van der Waals surface area contributed by atoms with Crippen molar-refractivity contribution in [3.63, 3.8) is 0 Å². The molecule has 4 heteroatoms. The lowest BCUT2D eigenvalue weighted by molar-refractivity contribution is -0.143. The molecule has 70 valence electrons. The lowest BCUT2D eigenvalue weighted by Gasteiger charge is -2.18. The highest BCUT2D eigenvalue weighted by Crippen LogP contribution is 2.25. The summed E-state index contributed by atoms with van der Waals surface area (Å²) in [5.74, 6) is -0.523. The normalized spacial score (nSPS) is 26.4. The highest BCUT2D eigenvalue weighted by atomic mass is 16.6. The van der Waals surface area contributed by atoms with Crippen LogP contribution in [0.2, 0.25) is 0 Å². The van der Waals surface area contributed by atoms with E-state index in [1.165, 1.54) is 0 Å². The summed E-state index contributed by atoms with van der Waals surface area (Å²) in [5.41, 5.74) is -0.918. The summed E-state index contributed by atoms with van der Waals surface area (Å²) in [6.45, 7) is 3.81. The molecular formula is C9H11NO3. The first-order chi connectivity index (χ1) is 6.22. The maximum Gasteiger partial charge on any atom is 0.330 e. The van der Waals surface area contributed by atoms with Gasteiger partial charge < -0.3 is 9.47 Å². The number of ether oxygens (including phenoxy) is 2. The summed E-state index contributed by atoms with van der Waals surface area (Å²) in [4.78, 5) is 10.7. The van der Waals surface area contributed by atoms with Gasteiger partial charge in [0.25, 0.3) is 0 Å². The van der Waals surface area contributed by atoms with E-state index >= 15 is 0 Å². The lowest BCUT2D eigenvalue weighted by Crippen LogP contribution is -2.32. The van der Waals surface area contributed by atoms with Gasteiger partial charge in [0.2, 0.25) is 0 Å². The van der Waals surface area contributed by atoms with Gasteiger partial charge in [0, 0.05) is 12.7 Å². The standard InChI is InChI=1S/C9H11NO3/c1-2-8(11)12-7-9(6-10)4-3-5-13-9/h2H,1,3-5,7H2. The average Bonchev–Trinajstić information content (AvgIpc) is 2.63. The molecule has 1 heterocycles. The van der Waals surface area contributed by atoms with Crippen molar-refractivity contribution in [1.82, 2.24) is 0 Å². The molecule has 0 saturated carbocycles. The minimum atomic E-state index is -0.918. The molecule has 0 spiro atoms. The predicted octanol–water partition coefficient (Wildman–Crippen LogP) is 0.788. The first-order valence-corrected chi connectivity index (χ1v) is 4.07. The van der Waals surface area contributed by atoms with Crippen LogP contribution in [0.1, 0.15) is 12.8 Å². The molecule has 1 saturated heterocycles. The highest BCUT2D eigenvalue weighted by molar-refractivity contribution is 5.81. The van der Waals surface area contributed by atoms with Crippen molar-refractivity contribution in [3.8, 4) is 6.07 Å². The minimum Gasteiger partial charge on any atom is -0.458 e. The average molecular weight is 181 g/mol. The van der Waals surface area contributed by atoms with Crippen molar-refractivity contribution < 1.29 is 14.3 Å². The van der Waals surface area contributed by atoms with E-state index in [2.05, 4.69) is 6.58 Å². The molecule has 0 aromatic carbocycles. The number of esters is 1. The number of hydrogen-bond donors (Lipinski definition) is 0. The number of nitrogens with zero attached hydrogens (tertiary/aromatic N) is 1. The predicted molar refractivity (Wildman–Crippen MR) is 44.7 cm³/mol. The number of rotatable bonds is 3. The van der Waals surface area contributed by atoms with E-state index in [4.69, 9.17) is 14.7 Å². The molecule has 4 nitrogen and oxygen atoms in total. The molecule has 0 amide bonds. The first kappa shape index (κ1) is 9.75. The van der Waals surface area contributed by atoms with Gasteiger partial charge in [-0.25, -0.2) is 4.79 Å². The Kier molecular flexibility index (Phi) is 3.04. The molecule has 0 bridgehead atoms. The van der Waals surface area contributed by atoms with Gasteiger partial charge in [-0.1, -0.05) is 6.58 Å². The summed E-state index contributed by atoms with van der Waals surface area (Å²) >= 11 is 0. The fourth-order valence-corrected chi connectivity index (χ4v) is 1.18. The molecule has 1 unspecified atom stereocenters. The zero-order chi connectivity index (χ0) is 9.73. The van der Waals surface area contributed by atoms with Crippen molar-refractivity contribution in [2.45, 2.75) is 18.4 Å². The molecule has 0 radical (unpaired) electrons. The van der Waals surface area contributed by atoms with Gasteiger partial charge in [0.05, 0.1) is 0 Å². The Balaban J connectivity index is 2.46. The molecule has 0 N–H and O–H groups in total. The number of nitriles is 1. The third kappa shape index (κ3) is 2.30. The zero-order valence-corrected chi connectivity index (χ0v) is 7.28. The molecule has 0 aliphatic carbocycles. The van der Waals surface area contributed by atoms with Gasteiger partial charge in [-0.15, -0.1) is 0 Å². The van der Waals surface area contributed by atoms with Crippen LogP contribution in [0.4, 0.5) is 0 Å². The second-order valence-electron chi connectivity index (χ2n) is 2.87. The fourth-order valence-electron chi connectivity index (χ4n) is 1.18. The van der Waals surface area contributed by atoms with E-state index in [-0.39, 0.29) is 6.61 Å². The van der Waals surface area contributed by atoms with Crippen LogP contribution in [-0.2, 0) is 14.3 Å². The smallest absolute Gasteiger partial charge is 0.330 e. The number of carbonyl (C=O) groups excluding carboxylic acids is 1. The molecule has 13 heavy (non-hydrogen) atoms. The summed E-state index contributed by atoms with van der Waals surface area (Å²) < 4.78 is 9.98. The van der Waals surface area contributed by atoms with E-state index in [0.717, 1.165) is 12.5 Å². The molecule has 1 aliphatic heterocycles. The highest BCUT2D eigenvalue weighted by Gasteiger charge is 2.36. The summed E-state index contributed by atoms with van der Waals surface area (Å²) in [7, 11) is 0. The third-order valence-electron chi connectivity index (χ3n) is 1.92. The second kappa shape index (κ2) is 4.06. The molecule has 1 aliphatic rings. The molecule has 0 aromatic rings. The second-order valence-corrected chi connectivity index (χ2v) is 2.87. The topological polar surface area (TPSA) is 59.3 Å². The molecule has 1 fully saturated rings. The van der Waals surface area contributed by atoms with Crippen LogP contribution >= 0.6 is 0 Å². The SMILES string of the molecule is C=CC(=O)OCC1(C#N)CCCO1. The number of hydrogen-bond acceptors (Lipinski definition) is 4. The first-order valence-electron chi connectivity index (χ1n) is 4.07. The van der Waals surface area contributed by atoms with Gasteiger partial charge >= 0.3 is 5.97 Å². The van der Waals surface area contributed by atoms with E-state index < -0.39 is 11.6 Å². The summed E-state index contributed by atoms with van der Waals surface area (Å²) in [5, 5.41) is 8.81. The van der Waals surface area contributed by atoms with Crippen molar-refractivity contribution >= 4 is 5.97 Å². The largest absolute Gasteiger partial charge is 0.458 e. The van der Waals surface area contributed by atoms with Gasteiger partial charge in [-0.05, 0) is 12.8 Å². The Bertz CT molecular complexity index is 248. The Morgan fingerprint density at radius 1 is 1.85 bits per heavy atom. The Labute approximate surface area is 76.7 Å². The summed E-state index contributed by atoms with van der Waals surface area (Å²) in [6.07, 6.45) is 2.52. The van der Waals surface area contributed by atoms with E-state index in [1.807, 2.05) is 6.07 Å². The summed E-state index contributed by atoms with van der Waals surface area (Å²) in [6, 6.07) is 2.02. The van der Waals surface area contributed by atoms with Crippen LogP contribution in [0.5, 0.6) is 0 Å². The zero-order valence-electron chi connectivity index (χ0n) is 7.28. The van der Waals surface area contributed by atoms with Crippen LogP contribution in [0.15, 0.2) is 12.7 Å². The lowest BCUT2D eigenvalue weighted by atomic mass is 10.0. The molecule has 1 rings (SSSR count). The van der Waals surface area contributed by atoms with Crippen LogP contribution in [0, 0.1) is 11.3 Å². The number of carbonyl (C=O) groups is 1. The Morgan fingerprint density at radius 2 is 2.62 bits per heavy atom. The minimum absolute atomic E-state index is 0.00560. The maximum atomic E-state index is 10.7. The van der Waals surface area contributed by atoms with Crippen LogP contribution in [0.3, 0.4) is 0 Å². The van der Waals surface area contributed by atoms with Gasteiger partial charge in [0.15, 0.2) is 5.60 Å². The van der Waals surface area contributed by atoms with E-state index in [9.17, 15) is 4.79 Å². The van der Waals surface area contributed by atoms with E-state index in [0.29, 0.717) is 13.0 Å². The molecular weight excluding hydrogens is 170 g/mol. The van der Waals surface area contributed by atoms with Crippen molar-refractivity contribution in [2.75, 3.05) is 13.2 Å². The van der Waals surface area contributed by atoms with Gasteiger partial charge in [0.1, 0.15) is 12.7 Å². The van der Waals surface area contributed by atoms with Crippen molar-refractivity contribution in [2.24, 2.45) is 0 Å². The monoisotopic (exact) mass is 181 g/mol. The van der Waals surface area contributed by atoms with Gasteiger partial charge in [-0.2, -0.15) is 5.26 Å². The Hall–Kier alpha value is -1.34. The fraction of sp³-hybridized carbons (Fsp3) is 0.556. The quantitative estimate of drug-likeness (QED) is 0.477. The maximum absolute atomic E-state index is 10.7. The van der Waals surface area contributed by atoms with Crippen molar-refractivity contribution in [3.05, 3.63) is 12.7 Å². The van der Waals surface area contributed by atoms with Gasteiger partial charge in [-0.3, -0.25) is 0 Å². The van der Waals surface area contributed by atoms with Crippen molar-refractivity contribution in [1.29, 1.82) is 5.26 Å². The van der Waals surface area contributed by atoms with E-state index in [1.54, 1.807) is 0 Å². The molecule has 1 atom stereocenters. The van der Waals surface area contributed by atoms with Crippen LogP contribution in [0.25, 0.3) is 0 Å². The van der Waals surface area contributed by atoms with Crippen LogP contribution in [-0.4, -0.2) is 24.8 Å². The van der Waals surface area contributed by atoms with Crippen LogP contribution < -0.4 is 0 Å². The third-order valence-corrected chi connectivity index (χ3v) is 1.92. The molecule has 0 aromatic heterocycles. The Morgan fingerprint density at radius 3 is 3.08 bits per heavy atom.